The molecule has 0 amide bonds. The largest absolute Gasteiger partial charge is 0.497 e. The molecule has 5 nitrogen and oxygen atoms in total. The molecule has 0 aliphatic carbocycles. The maximum Gasteiger partial charge on any atom is 0.315 e. The number of carbonyl (C=O) groups is 1. The van der Waals surface area contributed by atoms with E-state index in [1.54, 1.807) is 38.1 Å². The Hall–Kier alpha value is -1.77. The highest BCUT2D eigenvalue weighted by atomic mass is 79.9. The minimum Gasteiger partial charge on any atom is -0.497 e. The number of rotatable bonds is 10. The molecule has 0 bridgehead atoms. The molecular weight excluding hydrogens is 473 g/mol. The minimum atomic E-state index is -0.201. The number of halogens is 2. The molecule has 0 aliphatic rings. The fraction of sp³-hybridized carbons (Fsp3) is 0.409. The van der Waals surface area contributed by atoms with Gasteiger partial charge in [-0.2, -0.15) is 0 Å². The summed E-state index contributed by atoms with van der Waals surface area (Å²) in [5.41, 5.74) is 1.07. The molecule has 0 saturated heterocycles. The molecule has 1 N–H and O–H groups in total. The highest BCUT2D eigenvalue weighted by Crippen LogP contribution is 2.24. The zero-order chi connectivity index (χ0) is 22.4. The maximum atomic E-state index is 12.1. The highest BCUT2D eigenvalue weighted by molar-refractivity contribution is 9.10. The van der Waals surface area contributed by atoms with E-state index in [1.165, 1.54) is 12.1 Å². The molecule has 2 aromatic rings. The van der Waals surface area contributed by atoms with E-state index in [1.807, 2.05) is 25.1 Å². The SMILES string of the molecule is CCOC(=O)CSCC(C)NCc1ccc(OC)cc1OC.Fc1ccc(Br)cc1. The predicted molar refractivity (Wildman–Crippen MR) is 124 cm³/mol. The first kappa shape index (κ1) is 26.3. The van der Waals surface area contributed by atoms with E-state index < -0.39 is 0 Å². The lowest BCUT2D eigenvalue weighted by Crippen LogP contribution is -2.28. The first-order valence-electron chi connectivity index (χ1n) is 9.48. The van der Waals surface area contributed by atoms with Crippen LogP contribution in [0.15, 0.2) is 46.9 Å². The smallest absolute Gasteiger partial charge is 0.315 e. The topological polar surface area (TPSA) is 56.8 Å². The summed E-state index contributed by atoms with van der Waals surface area (Å²) in [5.74, 6) is 2.46. The summed E-state index contributed by atoms with van der Waals surface area (Å²) >= 11 is 4.75. The van der Waals surface area contributed by atoms with Crippen molar-refractivity contribution in [2.75, 3.05) is 32.3 Å². The Kier molecular flexibility index (Phi) is 13.2. The lowest BCUT2D eigenvalue weighted by Gasteiger charge is -2.15. The van der Waals surface area contributed by atoms with Crippen molar-refractivity contribution in [2.24, 2.45) is 0 Å². The third kappa shape index (κ3) is 10.8. The van der Waals surface area contributed by atoms with Crippen molar-refractivity contribution in [1.29, 1.82) is 0 Å². The van der Waals surface area contributed by atoms with Gasteiger partial charge in [0.15, 0.2) is 0 Å². The van der Waals surface area contributed by atoms with E-state index in [9.17, 15) is 9.18 Å². The van der Waals surface area contributed by atoms with Crippen molar-refractivity contribution in [1.82, 2.24) is 5.32 Å². The second-order valence-corrected chi connectivity index (χ2v) is 8.16. The molecule has 1 unspecified atom stereocenters. The summed E-state index contributed by atoms with van der Waals surface area (Å²) in [6, 6.07) is 12.2. The molecule has 0 fully saturated rings. The molecule has 0 heterocycles. The van der Waals surface area contributed by atoms with Gasteiger partial charge in [-0.3, -0.25) is 4.79 Å². The first-order chi connectivity index (χ1) is 14.4. The summed E-state index contributed by atoms with van der Waals surface area (Å²) in [5, 5.41) is 3.42. The van der Waals surface area contributed by atoms with Gasteiger partial charge in [0.2, 0.25) is 0 Å². The van der Waals surface area contributed by atoms with Gasteiger partial charge in [-0.25, -0.2) is 4.39 Å². The van der Waals surface area contributed by atoms with Gasteiger partial charge >= 0.3 is 5.97 Å². The Labute approximate surface area is 190 Å². The van der Waals surface area contributed by atoms with Gasteiger partial charge in [-0.15, -0.1) is 11.8 Å². The summed E-state index contributed by atoms with van der Waals surface area (Å²) in [4.78, 5) is 11.3. The summed E-state index contributed by atoms with van der Waals surface area (Å²) in [6.45, 7) is 5.04. The number of thioether (sulfide) groups is 1. The number of nitrogens with one attached hydrogen (secondary N) is 1. The zero-order valence-corrected chi connectivity index (χ0v) is 20.1. The van der Waals surface area contributed by atoms with E-state index >= 15 is 0 Å². The molecule has 2 aromatic carbocycles. The third-order valence-corrected chi connectivity index (χ3v) is 5.54. The van der Waals surface area contributed by atoms with E-state index in [0.29, 0.717) is 18.9 Å². The molecule has 0 aromatic heterocycles. The second kappa shape index (κ2) is 15.1. The molecule has 1 atom stereocenters. The fourth-order valence-electron chi connectivity index (χ4n) is 2.29. The van der Waals surface area contributed by atoms with Crippen LogP contribution in [0.5, 0.6) is 11.5 Å². The van der Waals surface area contributed by atoms with Crippen molar-refractivity contribution in [3.63, 3.8) is 0 Å². The van der Waals surface area contributed by atoms with Gasteiger partial charge in [-0.1, -0.05) is 22.0 Å². The normalized spacial score (nSPS) is 11.1. The van der Waals surface area contributed by atoms with Crippen molar-refractivity contribution < 1.29 is 23.4 Å². The molecular formula is C22H29BrFNO4S. The van der Waals surface area contributed by atoms with E-state index in [0.717, 1.165) is 27.3 Å². The van der Waals surface area contributed by atoms with Gasteiger partial charge in [0.1, 0.15) is 17.3 Å². The molecule has 0 radical (unpaired) electrons. The van der Waals surface area contributed by atoms with Gasteiger partial charge < -0.3 is 19.5 Å². The second-order valence-electron chi connectivity index (χ2n) is 6.22. The standard InChI is InChI=1S/C16H25NO4S.C6H4BrF/c1-5-21-16(18)11-22-10-12(2)17-9-13-6-7-14(19-3)8-15(13)20-4;7-5-1-3-6(8)4-2-5/h6-8,12,17H,5,9-11H2,1-4H3;1-4H. The van der Waals surface area contributed by atoms with Crippen molar-refractivity contribution in [3.05, 3.63) is 58.3 Å². The number of hydrogen-bond donors (Lipinski definition) is 1. The van der Waals surface area contributed by atoms with Crippen molar-refractivity contribution in [2.45, 2.75) is 26.4 Å². The number of hydrogen-bond acceptors (Lipinski definition) is 6. The molecule has 0 spiro atoms. The van der Waals surface area contributed by atoms with Crippen molar-refractivity contribution in [3.8, 4) is 11.5 Å². The van der Waals surface area contributed by atoms with Crippen LogP contribution in [0.2, 0.25) is 0 Å². The average molecular weight is 502 g/mol. The quantitative estimate of drug-likeness (QED) is 0.458. The average Bonchev–Trinajstić information content (AvgIpc) is 2.74. The number of carbonyl (C=O) groups excluding carboxylic acids is 1. The Morgan fingerprint density at radius 2 is 1.87 bits per heavy atom. The van der Waals surface area contributed by atoms with E-state index in [-0.39, 0.29) is 17.8 Å². The molecule has 0 saturated carbocycles. The maximum absolute atomic E-state index is 12.1. The molecule has 30 heavy (non-hydrogen) atoms. The van der Waals surface area contributed by atoms with E-state index in [2.05, 4.69) is 28.2 Å². The lowest BCUT2D eigenvalue weighted by molar-refractivity contribution is -0.139. The number of methoxy groups -OCH3 is 2. The summed E-state index contributed by atoms with van der Waals surface area (Å²) in [7, 11) is 3.28. The number of esters is 1. The Balaban J connectivity index is 0.000000467. The van der Waals surface area contributed by atoms with Gasteiger partial charge in [-0.05, 0) is 44.2 Å². The zero-order valence-electron chi connectivity index (χ0n) is 17.7. The van der Waals surface area contributed by atoms with Crippen molar-refractivity contribution >= 4 is 33.7 Å². The van der Waals surface area contributed by atoms with Crippen LogP contribution in [0, 0.1) is 5.82 Å². The van der Waals surface area contributed by atoms with Crippen LogP contribution in [-0.4, -0.2) is 44.3 Å². The van der Waals surface area contributed by atoms with Gasteiger partial charge in [0.25, 0.3) is 0 Å². The Morgan fingerprint density at radius 3 is 2.43 bits per heavy atom. The lowest BCUT2D eigenvalue weighted by atomic mass is 10.2. The summed E-state index contributed by atoms with van der Waals surface area (Å²) < 4.78 is 28.4. The first-order valence-corrected chi connectivity index (χ1v) is 11.4. The molecule has 0 aliphatic heterocycles. The van der Waals surface area contributed by atoms with Gasteiger partial charge in [0, 0.05) is 34.4 Å². The van der Waals surface area contributed by atoms with Crippen LogP contribution in [0.3, 0.4) is 0 Å². The Morgan fingerprint density at radius 1 is 1.17 bits per heavy atom. The van der Waals surface area contributed by atoms with Crippen LogP contribution >= 0.6 is 27.7 Å². The third-order valence-electron chi connectivity index (χ3n) is 3.83. The fourth-order valence-corrected chi connectivity index (χ4v) is 3.40. The number of benzene rings is 2. The van der Waals surface area contributed by atoms with Crippen LogP contribution in [0.25, 0.3) is 0 Å². The Bertz CT molecular complexity index is 740. The molecule has 8 heteroatoms. The number of ether oxygens (including phenoxy) is 3. The van der Waals surface area contributed by atoms with E-state index in [4.69, 9.17) is 14.2 Å². The predicted octanol–water partition coefficient (Wildman–Crippen LogP) is 5.07. The van der Waals surface area contributed by atoms with Crippen LogP contribution in [0.4, 0.5) is 4.39 Å². The highest BCUT2D eigenvalue weighted by Gasteiger charge is 2.09. The summed E-state index contributed by atoms with van der Waals surface area (Å²) in [6.07, 6.45) is 0. The van der Waals surface area contributed by atoms with Gasteiger partial charge in [0.05, 0.1) is 26.6 Å². The molecule has 2 rings (SSSR count). The van der Waals surface area contributed by atoms with Crippen LogP contribution in [0.1, 0.15) is 19.4 Å². The van der Waals surface area contributed by atoms with Crippen LogP contribution < -0.4 is 14.8 Å². The monoisotopic (exact) mass is 501 g/mol. The molecule has 166 valence electrons. The van der Waals surface area contributed by atoms with Crippen LogP contribution in [-0.2, 0) is 16.1 Å². The minimum absolute atomic E-state index is 0.156.